The summed E-state index contributed by atoms with van der Waals surface area (Å²) < 4.78 is 12.6. The second kappa shape index (κ2) is 5.57. The Hall–Kier alpha value is -2.34. The van der Waals surface area contributed by atoms with Gasteiger partial charge in [-0.1, -0.05) is 23.7 Å². The van der Waals surface area contributed by atoms with Gasteiger partial charge in [-0.15, -0.1) is 0 Å². The molecule has 0 radical (unpaired) electrons. The number of aryl methyl sites for hydroxylation is 1. The van der Waals surface area contributed by atoms with E-state index < -0.39 is 0 Å². The molecule has 0 amide bonds. The lowest BCUT2D eigenvalue weighted by atomic mass is 10.3. The fourth-order valence-corrected chi connectivity index (χ4v) is 2.21. The average molecular weight is 305 g/mol. The highest BCUT2D eigenvalue weighted by Gasteiger charge is 2.11. The first-order valence-corrected chi connectivity index (χ1v) is 6.67. The molecule has 0 spiro atoms. The quantitative estimate of drug-likeness (QED) is 0.693. The van der Waals surface area contributed by atoms with Gasteiger partial charge >= 0.3 is 0 Å². The minimum atomic E-state index is 0.196. The third kappa shape index (κ3) is 2.62. The van der Waals surface area contributed by atoms with Crippen LogP contribution in [0.2, 0.25) is 5.15 Å². The summed E-state index contributed by atoms with van der Waals surface area (Å²) >= 11 is 6.13. The van der Waals surface area contributed by atoms with Crippen molar-refractivity contribution in [3.05, 3.63) is 41.4 Å². The Labute approximate surface area is 126 Å². The van der Waals surface area contributed by atoms with Crippen LogP contribution in [0.3, 0.4) is 0 Å². The zero-order valence-corrected chi connectivity index (χ0v) is 12.3. The minimum Gasteiger partial charge on any atom is -0.493 e. The van der Waals surface area contributed by atoms with Gasteiger partial charge in [-0.05, 0) is 12.1 Å². The number of benzene rings is 1. The summed E-state index contributed by atoms with van der Waals surface area (Å²) in [7, 11) is 3.40. The number of halogens is 1. The summed E-state index contributed by atoms with van der Waals surface area (Å²) in [6.45, 7) is 0.196. The Morgan fingerprint density at radius 3 is 2.71 bits per heavy atom. The van der Waals surface area contributed by atoms with E-state index >= 15 is 0 Å². The van der Waals surface area contributed by atoms with Gasteiger partial charge in [0.05, 0.1) is 18.7 Å². The van der Waals surface area contributed by atoms with E-state index in [1.165, 1.54) is 0 Å². The molecule has 2 heterocycles. The molecule has 0 N–H and O–H groups in total. The van der Waals surface area contributed by atoms with Crippen LogP contribution < -0.4 is 9.47 Å². The summed E-state index contributed by atoms with van der Waals surface area (Å²) in [5.74, 6) is 1.78. The number of methoxy groups -OCH3 is 1. The molecular weight excluding hydrogens is 292 g/mol. The molecule has 6 nitrogen and oxygen atoms in total. The van der Waals surface area contributed by atoms with Crippen LogP contribution in [0.25, 0.3) is 11.0 Å². The van der Waals surface area contributed by atoms with Gasteiger partial charge in [-0.2, -0.15) is 5.10 Å². The number of fused-ring (bicyclic) bond motifs is 1. The molecule has 21 heavy (non-hydrogen) atoms. The highest BCUT2D eigenvalue weighted by molar-refractivity contribution is 6.33. The van der Waals surface area contributed by atoms with Crippen LogP contribution in [0, 0.1) is 0 Å². The van der Waals surface area contributed by atoms with Gasteiger partial charge in [0.1, 0.15) is 11.8 Å². The molecule has 0 bridgehead atoms. The van der Waals surface area contributed by atoms with Crippen molar-refractivity contribution in [3.8, 4) is 11.5 Å². The van der Waals surface area contributed by atoms with Crippen LogP contribution in [0.5, 0.6) is 11.5 Å². The first kappa shape index (κ1) is 13.6. The number of rotatable bonds is 4. The molecule has 2 aromatic heterocycles. The van der Waals surface area contributed by atoms with Crippen LogP contribution in [-0.4, -0.2) is 26.9 Å². The summed E-state index contributed by atoms with van der Waals surface area (Å²) in [6, 6.07) is 7.40. The normalized spacial score (nSPS) is 10.8. The lowest BCUT2D eigenvalue weighted by Gasteiger charge is -2.09. The van der Waals surface area contributed by atoms with Crippen molar-refractivity contribution in [1.29, 1.82) is 0 Å². The molecule has 0 saturated carbocycles. The van der Waals surface area contributed by atoms with Crippen molar-refractivity contribution in [1.82, 2.24) is 19.7 Å². The molecule has 0 saturated heterocycles. The monoisotopic (exact) mass is 304 g/mol. The molecule has 0 unspecified atom stereocenters. The molecule has 3 rings (SSSR count). The molecule has 0 atom stereocenters. The first-order chi connectivity index (χ1) is 10.2. The zero-order chi connectivity index (χ0) is 14.8. The number of nitrogens with zero attached hydrogens (tertiary/aromatic N) is 4. The van der Waals surface area contributed by atoms with E-state index in [4.69, 9.17) is 21.1 Å². The Morgan fingerprint density at radius 2 is 1.95 bits per heavy atom. The van der Waals surface area contributed by atoms with Crippen LogP contribution in [-0.2, 0) is 13.7 Å². The highest BCUT2D eigenvalue weighted by Crippen LogP contribution is 2.27. The molecular formula is C14H13ClN4O2. The Kier molecular flexibility index (Phi) is 3.62. The molecule has 0 fully saturated rings. The second-order valence-electron chi connectivity index (χ2n) is 4.38. The summed E-state index contributed by atoms with van der Waals surface area (Å²) in [4.78, 5) is 8.63. The standard InChI is InChI=1S/C14H13ClN4O2/c1-19-14-9(7-16-19)13(15)17-12(18-14)8-21-11-6-4-3-5-10(11)20-2/h3-7H,8H2,1-2H3. The van der Waals surface area contributed by atoms with Crippen LogP contribution in [0.4, 0.5) is 0 Å². The van der Waals surface area contributed by atoms with E-state index in [-0.39, 0.29) is 6.61 Å². The van der Waals surface area contributed by atoms with E-state index in [0.29, 0.717) is 28.1 Å². The van der Waals surface area contributed by atoms with Gasteiger partial charge < -0.3 is 9.47 Å². The lowest BCUT2D eigenvalue weighted by molar-refractivity contribution is 0.276. The van der Waals surface area contributed by atoms with E-state index in [0.717, 1.165) is 5.39 Å². The molecule has 108 valence electrons. The predicted molar refractivity (Wildman–Crippen MR) is 78.6 cm³/mol. The fraction of sp³-hybridized carbons (Fsp3) is 0.214. The van der Waals surface area contributed by atoms with E-state index in [1.807, 2.05) is 24.3 Å². The van der Waals surface area contributed by atoms with E-state index in [2.05, 4.69) is 15.1 Å². The van der Waals surface area contributed by atoms with Crippen molar-refractivity contribution >= 4 is 22.6 Å². The Bertz CT molecular complexity index is 788. The van der Waals surface area contributed by atoms with Gasteiger partial charge in [0.15, 0.2) is 23.0 Å². The van der Waals surface area contributed by atoms with Crippen LogP contribution in [0.15, 0.2) is 30.5 Å². The van der Waals surface area contributed by atoms with Gasteiger partial charge in [0, 0.05) is 7.05 Å². The largest absolute Gasteiger partial charge is 0.493 e. The van der Waals surface area contributed by atoms with Gasteiger partial charge in [0.25, 0.3) is 0 Å². The maximum atomic E-state index is 6.13. The second-order valence-corrected chi connectivity index (χ2v) is 4.73. The Balaban J connectivity index is 1.86. The number of aromatic nitrogens is 4. The zero-order valence-electron chi connectivity index (χ0n) is 11.6. The number of hydrogen-bond donors (Lipinski definition) is 0. The van der Waals surface area contributed by atoms with Crippen molar-refractivity contribution < 1.29 is 9.47 Å². The van der Waals surface area contributed by atoms with E-state index in [9.17, 15) is 0 Å². The molecule has 0 aliphatic heterocycles. The SMILES string of the molecule is COc1ccccc1OCc1nc(Cl)c2cnn(C)c2n1. The van der Waals surface area contributed by atoms with Gasteiger partial charge in [0.2, 0.25) is 0 Å². The highest BCUT2D eigenvalue weighted by atomic mass is 35.5. The van der Waals surface area contributed by atoms with Gasteiger partial charge in [-0.25, -0.2) is 9.97 Å². The van der Waals surface area contributed by atoms with Crippen LogP contribution >= 0.6 is 11.6 Å². The summed E-state index contributed by atoms with van der Waals surface area (Å²) in [5.41, 5.74) is 0.675. The lowest BCUT2D eigenvalue weighted by Crippen LogP contribution is -2.04. The number of ether oxygens (including phenoxy) is 2. The van der Waals surface area contributed by atoms with Crippen molar-refractivity contribution in [2.24, 2.45) is 7.05 Å². The van der Waals surface area contributed by atoms with E-state index in [1.54, 1.807) is 25.0 Å². The summed E-state index contributed by atoms with van der Waals surface area (Å²) in [5, 5.41) is 5.20. The maximum absolute atomic E-state index is 6.13. The average Bonchev–Trinajstić information content (AvgIpc) is 2.87. The third-order valence-electron chi connectivity index (χ3n) is 3.02. The molecule has 7 heteroatoms. The Morgan fingerprint density at radius 1 is 1.19 bits per heavy atom. The smallest absolute Gasteiger partial charge is 0.170 e. The molecule has 1 aromatic carbocycles. The molecule has 3 aromatic rings. The minimum absolute atomic E-state index is 0.196. The number of para-hydroxylation sites is 2. The molecule has 0 aliphatic rings. The number of hydrogen-bond acceptors (Lipinski definition) is 5. The third-order valence-corrected chi connectivity index (χ3v) is 3.31. The van der Waals surface area contributed by atoms with Gasteiger partial charge in [-0.3, -0.25) is 4.68 Å². The fourth-order valence-electron chi connectivity index (χ4n) is 1.97. The van der Waals surface area contributed by atoms with Crippen molar-refractivity contribution in [2.45, 2.75) is 6.61 Å². The van der Waals surface area contributed by atoms with Crippen LogP contribution in [0.1, 0.15) is 5.82 Å². The summed E-state index contributed by atoms with van der Waals surface area (Å²) in [6.07, 6.45) is 1.64. The maximum Gasteiger partial charge on any atom is 0.170 e. The van der Waals surface area contributed by atoms with Crippen molar-refractivity contribution in [3.63, 3.8) is 0 Å². The topological polar surface area (TPSA) is 62.1 Å². The predicted octanol–water partition coefficient (Wildman–Crippen LogP) is 2.60. The molecule has 0 aliphatic carbocycles. The first-order valence-electron chi connectivity index (χ1n) is 6.29. The van der Waals surface area contributed by atoms with Crippen molar-refractivity contribution in [2.75, 3.05) is 7.11 Å².